The molecule has 0 saturated carbocycles. The molecule has 152 valence electrons. The van der Waals surface area contributed by atoms with Gasteiger partial charge in [-0.25, -0.2) is 17.8 Å². The number of carbonyl (C=O) groups is 1. The fraction of sp³-hybridized carbons (Fsp3) is 0.300. The Balaban J connectivity index is 1.40. The number of ether oxygens (including phenoxy) is 1. The van der Waals surface area contributed by atoms with Crippen LogP contribution < -0.4 is 4.74 Å². The quantitative estimate of drug-likeness (QED) is 0.570. The van der Waals surface area contributed by atoms with E-state index in [1.165, 1.54) is 59.0 Å². The van der Waals surface area contributed by atoms with E-state index in [-0.39, 0.29) is 22.6 Å². The summed E-state index contributed by atoms with van der Waals surface area (Å²) in [4.78, 5) is 15.9. The molecule has 2 aromatic carbocycles. The number of rotatable bonds is 5. The van der Waals surface area contributed by atoms with Crippen LogP contribution in [0.3, 0.4) is 0 Å². The van der Waals surface area contributed by atoms with Crippen molar-refractivity contribution in [2.24, 2.45) is 0 Å². The van der Waals surface area contributed by atoms with E-state index in [0.717, 1.165) is 0 Å². The van der Waals surface area contributed by atoms with Gasteiger partial charge in [0.05, 0.1) is 15.1 Å². The van der Waals surface area contributed by atoms with Gasteiger partial charge in [-0.05, 0) is 50.1 Å². The number of thiazole rings is 1. The van der Waals surface area contributed by atoms with Crippen molar-refractivity contribution in [1.29, 1.82) is 0 Å². The van der Waals surface area contributed by atoms with Gasteiger partial charge in [0.2, 0.25) is 10.0 Å². The van der Waals surface area contributed by atoms with Gasteiger partial charge < -0.3 is 4.74 Å². The minimum absolute atomic E-state index is 0.107. The average Bonchev–Trinajstić information content (AvgIpc) is 3.09. The predicted octanol–water partition coefficient (Wildman–Crippen LogP) is 3.87. The number of fused-ring (bicyclic) bond motifs is 1. The molecule has 1 aliphatic heterocycles. The molecule has 4 rings (SSSR count). The Morgan fingerprint density at radius 1 is 1.17 bits per heavy atom. The zero-order chi connectivity index (χ0) is 20.6. The number of carbonyl (C=O) groups excluding carboxylic acids is 1. The molecule has 0 radical (unpaired) electrons. The van der Waals surface area contributed by atoms with E-state index in [9.17, 15) is 17.6 Å². The smallest absolute Gasteiger partial charge is 0.274 e. The number of hydrogen-bond donors (Lipinski definition) is 0. The number of sulfonamides is 1. The van der Waals surface area contributed by atoms with Crippen LogP contribution in [0.4, 0.5) is 4.39 Å². The Kier molecular flexibility index (Phi) is 5.37. The molecule has 1 aromatic heterocycles. The number of hydrogen-bond acceptors (Lipinski definition) is 6. The van der Waals surface area contributed by atoms with Crippen LogP contribution in [0.15, 0.2) is 47.4 Å². The van der Waals surface area contributed by atoms with E-state index in [0.29, 0.717) is 46.9 Å². The van der Waals surface area contributed by atoms with Gasteiger partial charge in [-0.2, -0.15) is 4.31 Å². The van der Waals surface area contributed by atoms with Crippen molar-refractivity contribution in [1.82, 2.24) is 9.29 Å². The molecule has 0 unspecified atom stereocenters. The summed E-state index contributed by atoms with van der Waals surface area (Å²) in [6, 6.07) is 10.4. The summed E-state index contributed by atoms with van der Waals surface area (Å²) in [6.07, 6.45) is 0.927. The Morgan fingerprint density at radius 3 is 2.52 bits per heavy atom. The van der Waals surface area contributed by atoms with Gasteiger partial charge in [-0.15, -0.1) is 0 Å². The zero-order valence-electron chi connectivity index (χ0n) is 15.7. The number of aromatic nitrogens is 1. The molecular weight excluding hydrogens is 415 g/mol. The van der Waals surface area contributed by atoms with Crippen LogP contribution in [0.5, 0.6) is 5.19 Å². The largest absolute Gasteiger partial charge is 0.467 e. The molecule has 1 fully saturated rings. The van der Waals surface area contributed by atoms with E-state index in [4.69, 9.17) is 4.74 Å². The van der Waals surface area contributed by atoms with Crippen molar-refractivity contribution in [2.75, 3.05) is 13.1 Å². The number of halogens is 1. The van der Waals surface area contributed by atoms with Gasteiger partial charge in [0.1, 0.15) is 11.9 Å². The van der Waals surface area contributed by atoms with Crippen LogP contribution >= 0.6 is 11.3 Å². The zero-order valence-corrected chi connectivity index (χ0v) is 17.3. The molecule has 3 aromatic rings. The van der Waals surface area contributed by atoms with E-state index in [2.05, 4.69) is 4.98 Å². The fourth-order valence-electron chi connectivity index (χ4n) is 3.27. The van der Waals surface area contributed by atoms with Crippen LogP contribution in [0.2, 0.25) is 0 Å². The summed E-state index contributed by atoms with van der Waals surface area (Å²) in [5, 5.41) is 0.465. The molecule has 29 heavy (non-hydrogen) atoms. The Hall–Kier alpha value is -2.36. The van der Waals surface area contributed by atoms with Gasteiger partial charge in [0.25, 0.3) is 5.19 Å². The monoisotopic (exact) mass is 434 g/mol. The summed E-state index contributed by atoms with van der Waals surface area (Å²) >= 11 is 1.28. The second kappa shape index (κ2) is 7.81. The molecule has 1 saturated heterocycles. The Labute approximate surface area is 172 Å². The van der Waals surface area contributed by atoms with Crippen LogP contribution in [-0.2, 0) is 10.0 Å². The molecule has 9 heteroatoms. The third-order valence-corrected chi connectivity index (χ3v) is 7.72. The van der Waals surface area contributed by atoms with E-state index in [1.54, 1.807) is 6.07 Å². The molecule has 0 atom stereocenters. The number of piperidine rings is 1. The lowest BCUT2D eigenvalue weighted by Crippen LogP contribution is -2.41. The summed E-state index contributed by atoms with van der Waals surface area (Å²) in [5.74, 6) is -0.424. The third kappa shape index (κ3) is 4.17. The van der Waals surface area contributed by atoms with Crippen molar-refractivity contribution in [3.05, 3.63) is 53.8 Å². The lowest BCUT2D eigenvalue weighted by Gasteiger charge is -2.30. The highest BCUT2D eigenvalue weighted by molar-refractivity contribution is 7.89. The van der Waals surface area contributed by atoms with Gasteiger partial charge in [0, 0.05) is 18.7 Å². The Morgan fingerprint density at radius 2 is 1.86 bits per heavy atom. The van der Waals surface area contributed by atoms with Gasteiger partial charge in [0.15, 0.2) is 5.78 Å². The highest BCUT2D eigenvalue weighted by Crippen LogP contribution is 2.31. The highest BCUT2D eigenvalue weighted by atomic mass is 32.2. The number of benzene rings is 2. The van der Waals surface area contributed by atoms with Crippen LogP contribution in [-0.4, -0.2) is 42.7 Å². The summed E-state index contributed by atoms with van der Waals surface area (Å²) in [7, 11) is -3.61. The fourth-order valence-corrected chi connectivity index (χ4v) is 5.65. The van der Waals surface area contributed by atoms with Crippen molar-refractivity contribution in [2.45, 2.75) is 30.8 Å². The SMILES string of the molecule is CC(=O)c1ccc(S(=O)(=O)N2CCC(Oc3nc4ccc(F)cc4s3)CC2)cc1. The Bertz CT molecular complexity index is 1150. The maximum Gasteiger partial charge on any atom is 0.274 e. The standard InChI is InChI=1S/C20H19FN2O4S2/c1-13(24)14-2-5-17(6-3-14)29(25,26)23-10-8-16(9-11-23)27-20-22-18-7-4-15(21)12-19(18)28-20/h2-7,12,16H,8-11H2,1H3. The predicted molar refractivity (Wildman–Crippen MR) is 108 cm³/mol. The second-order valence-corrected chi connectivity index (χ2v) is 9.82. The first-order valence-electron chi connectivity index (χ1n) is 9.17. The molecule has 0 N–H and O–H groups in total. The summed E-state index contributed by atoms with van der Waals surface area (Å²) < 4.78 is 47.1. The summed E-state index contributed by atoms with van der Waals surface area (Å²) in [5.41, 5.74) is 1.16. The minimum atomic E-state index is -3.61. The first-order chi connectivity index (χ1) is 13.8. The van der Waals surface area contributed by atoms with Crippen molar-refractivity contribution < 1.29 is 22.3 Å². The molecular formula is C20H19FN2O4S2. The average molecular weight is 435 g/mol. The first-order valence-corrected chi connectivity index (χ1v) is 11.4. The first kappa shape index (κ1) is 19.9. The van der Waals surface area contributed by atoms with E-state index in [1.807, 2.05) is 0 Å². The lowest BCUT2D eigenvalue weighted by molar-refractivity contribution is 0.101. The van der Waals surface area contributed by atoms with E-state index >= 15 is 0 Å². The maximum atomic E-state index is 13.3. The van der Waals surface area contributed by atoms with Gasteiger partial charge >= 0.3 is 0 Å². The number of nitrogens with zero attached hydrogens (tertiary/aromatic N) is 2. The molecule has 6 nitrogen and oxygen atoms in total. The van der Waals surface area contributed by atoms with Crippen LogP contribution in [0.25, 0.3) is 10.2 Å². The summed E-state index contributed by atoms with van der Waals surface area (Å²) in [6.45, 7) is 2.11. The van der Waals surface area contributed by atoms with Crippen molar-refractivity contribution >= 4 is 37.4 Å². The molecule has 0 bridgehead atoms. The number of Topliss-reactive ketones (excluding diaryl/α,β-unsaturated/α-hetero) is 1. The molecule has 2 heterocycles. The number of ketones is 1. The van der Waals surface area contributed by atoms with E-state index < -0.39 is 10.0 Å². The van der Waals surface area contributed by atoms with Crippen LogP contribution in [0.1, 0.15) is 30.1 Å². The maximum absolute atomic E-state index is 13.3. The third-order valence-electron chi connectivity index (χ3n) is 4.90. The normalized spacial score (nSPS) is 16.2. The van der Waals surface area contributed by atoms with Crippen molar-refractivity contribution in [3.63, 3.8) is 0 Å². The highest BCUT2D eigenvalue weighted by Gasteiger charge is 2.30. The minimum Gasteiger partial charge on any atom is -0.467 e. The lowest BCUT2D eigenvalue weighted by atomic mass is 10.1. The van der Waals surface area contributed by atoms with Crippen molar-refractivity contribution in [3.8, 4) is 5.19 Å². The molecule has 0 aliphatic carbocycles. The second-order valence-electron chi connectivity index (χ2n) is 6.89. The molecule has 1 aliphatic rings. The molecule has 0 spiro atoms. The van der Waals surface area contributed by atoms with Crippen LogP contribution in [0, 0.1) is 5.82 Å². The topological polar surface area (TPSA) is 76.6 Å². The van der Waals surface area contributed by atoms with Gasteiger partial charge in [-0.3, -0.25) is 4.79 Å². The van der Waals surface area contributed by atoms with Gasteiger partial charge in [-0.1, -0.05) is 23.5 Å². The molecule has 0 amide bonds.